The van der Waals surface area contributed by atoms with Crippen LogP contribution >= 0.6 is 0 Å². The van der Waals surface area contributed by atoms with Crippen molar-refractivity contribution < 1.29 is 8.78 Å². The number of alkyl halides is 2. The standard InChI is InChI=1S/C9H15F2N3/c1-8(2,9(3,10)11)6-14-5-4-13-7(14)12/h4-5H,6H2,1-3H3,(H2,12,13). The Kier molecular flexibility index (Phi) is 2.52. The van der Waals surface area contributed by atoms with Crippen LogP contribution in [0.5, 0.6) is 0 Å². The average Bonchev–Trinajstić information content (AvgIpc) is 2.33. The number of rotatable bonds is 3. The largest absolute Gasteiger partial charge is 0.369 e. The third kappa shape index (κ3) is 2.02. The summed E-state index contributed by atoms with van der Waals surface area (Å²) in [5, 5.41) is 0. The molecule has 0 aliphatic rings. The molecule has 1 rings (SSSR count). The van der Waals surface area contributed by atoms with Gasteiger partial charge in [0, 0.05) is 24.4 Å². The van der Waals surface area contributed by atoms with E-state index >= 15 is 0 Å². The van der Waals surface area contributed by atoms with Crippen LogP contribution in [0.4, 0.5) is 14.7 Å². The molecule has 3 nitrogen and oxygen atoms in total. The smallest absolute Gasteiger partial charge is 0.252 e. The Hall–Kier alpha value is -1.13. The van der Waals surface area contributed by atoms with E-state index in [9.17, 15) is 8.78 Å². The van der Waals surface area contributed by atoms with Crippen molar-refractivity contribution in [1.29, 1.82) is 0 Å². The number of hydrogen-bond donors (Lipinski definition) is 1. The summed E-state index contributed by atoms with van der Waals surface area (Å²) in [5.41, 5.74) is 4.36. The molecule has 0 saturated carbocycles. The predicted molar refractivity (Wildman–Crippen MR) is 51.0 cm³/mol. The van der Waals surface area contributed by atoms with Crippen molar-refractivity contribution >= 4 is 5.95 Å². The normalized spacial score (nSPS) is 13.2. The summed E-state index contributed by atoms with van der Waals surface area (Å²) in [6.45, 7) is 4.08. The van der Waals surface area contributed by atoms with Gasteiger partial charge in [-0.25, -0.2) is 13.8 Å². The van der Waals surface area contributed by atoms with Crippen LogP contribution in [0.15, 0.2) is 12.4 Å². The van der Waals surface area contributed by atoms with Gasteiger partial charge in [0.05, 0.1) is 0 Å². The second-order valence-electron chi connectivity index (χ2n) is 4.19. The molecule has 0 amide bonds. The Morgan fingerprint density at radius 1 is 1.43 bits per heavy atom. The number of aromatic nitrogens is 2. The molecule has 0 bridgehead atoms. The zero-order valence-corrected chi connectivity index (χ0v) is 8.59. The van der Waals surface area contributed by atoms with Gasteiger partial charge in [0.2, 0.25) is 0 Å². The van der Waals surface area contributed by atoms with Crippen LogP contribution in [0.1, 0.15) is 20.8 Å². The van der Waals surface area contributed by atoms with Crippen molar-refractivity contribution in [2.24, 2.45) is 5.41 Å². The van der Waals surface area contributed by atoms with E-state index in [2.05, 4.69) is 4.98 Å². The van der Waals surface area contributed by atoms with Gasteiger partial charge in [-0.1, -0.05) is 13.8 Å². The minimum atomic E-state index is -2.75. The van der Waals surface area contributed by atoms with E-state index in [-0.39, 0.29) is 12.5 Å². The average molecular weight is 203 g/mol. The quantitative estimate of drug-likeness (QED) is 0.818. The van der Waals surface area contributed by atoms with Gasteiger partial charge < -0.3 is 10.3 Å². The maximum absolute atomic E-state index is 13.1. The fourth-order valence-electron chi connectivity index (χ4n) is 1.04. The lowest BCUT2D eigenvalue weighted by atomic mass is 9.86. The molecule has 0 atom stereocenters. The molecule has 1 aromatic rings. The molecule has 0 aromatic carbocycles. The van der Waals surface area contributed by atoms with Crippen molar-refractivity contribution in [2.75, 3.05) is 5.73 Å². The second kappa shape index (κ2) is 3.22. The lowest BCUT2D eigenvalue weighted by Gasteiger charge is -2.31. The van der Waals surface area contributed by atoms with E-state index in [0.29, 0.717) is 0 Å². The first-order chi connectivity index (χ1) is 6.24. The Balaban J connectivity index is 2.84. The molecular weight excluding hydrogens is 188 g/mol. The maximum atomic E-state index is 13.1. The monoisotopic (exact) mass is 203 g/mol. The number of imidazole rings is 1. The zero-order chi connectivity index (χ0) is 11.0. The summed E-state index contributed by atoms with van der Waals surface area (Å²) in [6, 6.07) is 0. The number of nitrogens with zero attached hydrogens (tertiary/aromatic N) is 2. The molecule has 0 saturated heterocycles. The topological polar surface area (TPSA) is 43.8 Å². The molecule has 2 N–H and O–H groups in total. The molecule has 0 fully saturated rings. The summed E-state index contributed by atoms with van der Waals surface area (Å²) in [7, 11) is 0. The van der Waals surface area contributed by atoms with Crippen LogP contribution in [0.2, 0.25) is 0 Å². The molecule has 0 radical (unpaired) electrons. The van der Waals surface area contributed by atoms with Crippen LogP contribution < -0.4 is 5.73 Å². The van der Waals surface area contributed by atoms with Crippen molar-refractivity contribution in [2.45, 2.75) is 33.2 Å². The number of nitrogen functional groups attached to an aromatic ring is 1. The molecule has 0 spiro atoms. The van der Waals surface area contributed by atoms with Gasteiger partial charge in [-0.05, 0) is 6.92 Å². The molecule has 14 heavy (non-hydrogen) atoms. The van der Waals surface area contributed by atoms with Gasteiger partial charge in [0.15, 0.2) is 5.95 Å². The number of hydrogen-bond acceptors (Lipinski definition) is 2. The molecule has 5 heteroatoms. The number of nitrogens with two attached hydrogens (primary N) is 1. The van der Waals surface area contributed by atoms with E-state index in [0.717, 1.165) is 6.92 Å². The van der Waals surface area contributed by atoms with E-state index in [1.165, 1.54) is 24.6 Å². The minimum Gasteiger partial charge on any atom is -0.369 e. The highest BCUT2D eigenvalue weighted by atomic mass is 19.3. The lowest BCUT2D eigenvalue weighted by molar-refractivity contribution is -0.0957. The Labute approximate surface area is 81.9 Å². The minimum absolute atomic E-state index is 0.155. The van der Waals surface area contributed by atoms with Crippen LogP contribution in [-0.4, -0.2) is 15.5 Å². The molecule has 0 unspecified atom stereocenters. The molecule has 0 aliphatic carbocycles. The van der Waals surface area contributed by atoms with Crippen molar-refractivity contribution in [3.63, 3.8) is 0 Å². The van der Waals surface area contributed by atoms with Gasteiger partial charge in [0.25, 0.3) is 5.92 Å². The highest BCUT2D eigenvalue weighted by molar-refractivity contribution is 5.17. The highest BCUT2D eigenvalue weighted by Crippen LogP contribution is 2.37. The first kappa shape index (κ1) is 10.9. The Morgan fingerprint density at radius 3 is 2.36 bits per heavy atom. The highest BCUT2D eigenvalue weighted by Gasteiger charge is 2.42. The van der Waals surface area contributed by atoms with Gasteiger partial charge in [-0.3, -0.25) is 0 Å². The SMILES string of the molecule is CC(F)(F)C(C)(C)Cn1ccnc1N. The summed E-state index contributed by atoms with van der Waals surface area (Å²) >= 11 is 0. The number of anilines is 1. The molecule has 1 heterocycles. The molecular formula is C9H15F2N3. The van der Waals surface area contributed by atoms with Crippen LogP contribution in [-0.2, 0) is 6.54 Å². The lowest BCUT2D eigenvalue weighted by Crippen LogP contribution is -2.37. The van der Waals surface area contributed by atoms with Crippen molar-refractivity contribution in [1.82, 2.24) is 9.55 Å². The van der Waals surface area contributed by atoms with Gasteiger partial charge in [-0.15, -0.1) is 0 Å². The van der Waals surface area contributed by atoms with E-state index in [1.54, 1.807) is 6.20 Å². The molecule has 0 aliphatic heterocycles. The van der Waals surface area contributed by atoms with Crippen LogP contribution in [0.3, 0.4) is 0 Å². The number of halogens is 2. The van der Waals surface area contributed by atoms with E-state index in [4.69, 9.17) is 5.73 Å². The van der Waals surface area contributed by atoms with Gasteiger partial charge in [-0.2, -0.15) is 0 Å². The molecule has 80 valence electrons. The van der Waals surface area contributed by atoms with Crippen molar-refractivity contribution in [3.05, 3.63) is 12.4 Å². The van der Waals surface area contributed by atoms with E-state index in [1.807, 2.05) is 0 Å². The summed E-state index contributed by atoms with van der Waals surface area (Å²) in [6.07, 6.45) is 3.10. The summed E-state index contributed by atoms with van der Waals surface area (Å²) in [4.78, 5) is 3.78. The second-order valence-corrected chi connectivity index (χ2v) is 4.19. The third-order valence-corrected chi connectivity index (χ3v) is 2.50. The van der Waals surface area contributed by atoms with Gasteiger partial charge >= 0.3 is 0 Å². The molecule has 1 aromatic heterocycles. The fraction of sp³-hybridized carbons (Fsp3) is 0.667. The maximum Gasteiger partial charge on any atom is 0.252 e. The Bertz CT molecular complexity index is 312. The van der Waals surface area contributed by atoms with E-state index < -0.39 is 11.3 Å². The van der Waals surface area contributed by atoms with Crippen LogP contribution in [0, 0.1) is 5.41 Å². The fourth-order valence-corrected chi connectivity index (χ4v) is 1.04. The van der Waals surface area contributed by atoms with Crippen molar-refractivity contribution in [3.8, 4) is 0 Å². The predicted octanol–water partition coefficient (Wildman–Crippen LogP) is 2.15. The van der Waals surface area contributed by atoms with Gasteiger partial charge in [0.1, 0.15) is 0 Å². The first-order valence-electron chi connectivity index (χ1n) is 4.38. The first-order valence-corrected chi connectivity index (χ1v) is 4.38. The zero-order valence-electron chi connectivity index (χ0n) is 8.59. The van der Waals surface area contributed by atoms with Crippen LogP contribution in [0.25, 0.3) is 0 Å². The third-order valence-electron chi connectivity index (χ3n) is 2.50. The summed E-state index contributed by atoms with van der Waals surface area (Å²) < 4.78 is 27.8. The Morgan fingerprint density at radius 2 is 2.00 bits per heavy atom. The summed E-state index contributed by atoms with van der Waals surface area (Å²) in [5.74, 6) is -2.48.